The van der Waals surface area contributed by atoms with Crippen LogP contribution in [0, 0.1) is 5.82 Å². The molecule has 1 aromatic carbocycles. The van der Waals surface area contributed by atoms with Crippen molar-refractivity contribution in [1.82, 2.24) is 15.2 Å². The van der Waals surface area contributed by atoms with E-state index in [9.17, 15) is 17.6 Å². The molecule has 0 radical (unpaired) electrons. The minimum atomic E-state index is -4.14. The number of amides is 1. The summed E-state index contributed by atoms with van der Waals surface area (Å²) in [5.74, 6) is -1.09. The molecule has 0 fully saturated rings. The van der Waals surface area contributed by atoms with Crippen LogP contribution in [-0.2, 0) is 14.8 Å². The predicted octanol–water partition coefficient (Wildman–Crippen LogP) is 0.219. The number of carbonyl (C=O) groups is 1. The van der Waals surface area contributed by atoms with E-state index >= 15 is 0 Å². The van der Waals surface area contributed by atoms with Gasteiger partial charge in [0.2, 0.25) is 15.9 Å². The molecule has 13 heteroatoms. The maximum atomic E-state index is 12.9. The third-order valence-corrected chi connectivity index (χ3v) is 5.18. The van der Waals surface area contributed by atoms with Gasteiger partial charge < -0.3 is 16.2 Å². The van der Waals surface area contributed by atoms with Crippen LogP contribution in [0.5, 0.6) is 11.6 Å². The first-order valence-corrected chi connectivity index (χ1v) is 10.1. The van der Waals surface area contributed by atoms with Gasteiger partial charge in [0.05, 0.1) is 6.20 Å². The van der Waals surface area contributed by atoms with Crippen molar-refractivity contribution in [2.45, 2.75) is 23.8 Å². The summed E-state index contributed by atoms with van der Waals surface area (Å²) >= 11 is 0. The summed E-state index contributed by atoms with van der Waals surface area (Å²) in [4.78, 5) is 19.2. The molecule has 1 amide bonds. The van der Waals surface area contributed by atoms with Gasteiger partial charge in [-0.3, -0.25) is 15.0 Å². The molecule has 0 aliphatic heterocycles. The number of guanidine groups is 1. The van der Waals surface area contributed by atoms with Gasteiger partial charge in [0.15, 0.2) is 5.96 Å². The van der Waals surface area contributed by atoms with Crippen LogP contribution >= 0.6 is 0 Å². The third-order valence-electron chi connectivity index (χ3n) is 3.72. The molecule has 30 heavy (non-hydrogen) atoms. The second-order valence-electron chi connectivity index (χ2n) is 5.99. The van der Waals surface area contributed by atoms with E-state index in [1.165, 1.54) is 41.9 Å². The van der Waals surface area contributed by atoms with Gasteiger partial charge in [0.25, 0.3) is 5.91 Å². The second kappa shape index (κ2) is 10.5. The summed E-state index contributed by atoms with van der Waals surface area (Å²) in [6, 6.07) is 6.46. The Hall–Kier alpha value is -3.29. The molecule has 0 saturated carbocycles. The molecule has 2 aromatic rings. The number of ether oxygens (including phenoxy) is 1. The zero-order valence-corrected chi connectivity index (χ0v) is 16.5. The number of sulfonamides is 1. The minimum absolute atomic E-state index is 0.0294. The van der Waals surface area contributed by atoms with Gasteiger partial charge in [-0.25, -0.2) is 23.3 Å². The monoisotopic (exact) mass is 440 g/mol. The number of nitrogens with zero attached hydrogens (tertiary/aromatic N) is 2. The average molecular weight is 440 g/mol. The number of aliphatic imine (C=N–C) groups is 1. The molecule has 0 saturated heterocycles. The fourth-order valence-corrected chi connectivity index (χ4v) is 3.46. The molecule has 2 rings (SSSR count). The van der Waals surface area contributed by atoms with Crippen molar-refractivity contribution in [2.24, 2.45) is 16.5 Å². The van der Waals surface area contributed by atoms with E-state index in [0.29, 0.717) is 5.75 Å². The van der Waals surface area contributed by atoms with Crippen LogP contribution in [0.15, 0.2) is 52.5 Å². The highest BCUT2D eigenvalue weighted by molar-refractivity contribution is 7.89. The number of carbonyl (C=O) groups excluding carboxylic acids is 1. The van der Waals surface area contributed by atoms with Crippen LogP contribution < -0.4 is 26.4 Å². The lowest BCUT2D eigenvalue weighted by molar-refractivity contribution is -0.131. The van der Waals surface area contributed by atoms with Crippen molar-refractivity contribution in [3.63, 3.8) is 0 Å². The average Bonchev–Trinajstić information content (AvgIpc) is 2.71. The quantitative estimate of drug-likeness (QED) is 0.114. The molecule has 0 spiro atoms. The Morgan fingerprint density at radius 1 is 1.23 bits per heavy atom. The molecule has 11 nitrogen and oxygen atoms in total. The summed E-state index contributed by atoms with van der Waals surface area (Å²) in [5, 5.41) is 8.86. The van der Waals surface area contributed by atoms with Gasteiger partial charge in [0, 0.05) is 12.6 Å². The van der Waals surface area contributed by atoms with Crippen LogP contribution in [0.25, 0.3) is 0 Å². The topological polar surface area (TPSA) is 182 Å². The van der Waals surface area contributed by atoms with Crippen molar-refractivity contribution in [1.29, 1.82) is 0 Å². The van der Waals surface area contributed by atoms with Crippen LogP contribution in [0.2, 0.25) is 0 Å². The zero-order chi connectivity index (χ0) is 22.1. The Balaban J connectivity index is 2.06. The summed E-state index contributed by atoms with van der Waals surface area (Å²) in [7, 11) is -4.14. The molecule has 0 unspecified atom stereocenters. The second-order valence-corrected chi connectivity index (χ2v) is 7.70. The van der Waals surface area contributed by atoms with E-state index in [-0.39, 0.29) is 36.1 Å². The number of hydrogen-bond donors (Lipinski definition) is 5. The summed E-state index contributed by atoms with van der Waals surface area (Å²) in [6.07, 6.45) is 1.34. The van der Waals surface area contributed by atoms with Gasteiger partial charge in [-0.15, -0.1) is 0 Å². The summed E-state index contributed by atoms with van der Waals surface area (Å²) in [6.45, 7) is 0.177. The molecule has 1 aromatic heterocycles. The molecular weight excluding hydrogens is 419 g/mol. The first-order valence-electron chi connectivity index (χ1n) is 8.62. The molecule has 7 N–H and O–H groups in total. The maximum absolute atomic E-state index is 12.9. The summed E-state index contributed by atoms with van der Waals surface area (Å²) in [5.41, 5.74) is 11.8. The van der Waals surface area contributed by atoms with E-state index in [4.69, 9.17) is 21.4 Å². The third kappa shape index (κ3) is 6.95. The molecule has 0 bridgehead atoms. The Labute approximate surface area is 172 Å². The molecule has 162 valence electrons. The number of nitrogens with one attached hydrogen (secondary N) is 2. The van der Waals surface area contributed by atoms with Gasteiger partial charge >= 0.3 is 0 Å². The number of benzene rings is 1. The Morgan fingerprint density at radius 3 is 2.50 bits per heavy atom. The number of aromatic nitrogens is 1. The normalized spacial score (nSPS) is 12.1. The lowest BCUT2D eigenvalue weighted by Crippen LogP contribution is -2.45. The maximum Gasteiger partial charge on any atom is 0.261 e. The minimum Gasteiger partial charge on any atom is -0.439 e. The van der Waals surface area contributed by atoms with Gasteiger partial charge in [-0.05, 0) is 43.2 Å². The number of nitrogens with two attached hydrogens (primary N) is 2. The fraction of sp³-hybridized carbons (Fsp3) is 0.235. The van der Waals surface area contributed by atoms with Crippen LogP contribution in [0.3, 0.4) is 0 Å². The molecular formula is C17H21FN6O5S. The van der Waals surface area contributed by atoms with E-state index in [0.717, 1.165) is 6.20 Å². The van der Waals surface area contributed by atoms with E-state index in [1.54, 1.807) is 0 Å². The molecule has 0 aliphatic rings. The fourth-order valence-electron chi connectivity index (χ4n) is 2.29. The molecule has 0 aliphatic carbocycles. The van der Waals surface area contributed by atoms with Gasteiger partial charge in [-0.2, -0.15) is 4.72 Å². The van der Waals surface area contributed by atoms with Crippen LogP contribution in [-0.4, -0.2) is 43.1 Å². The van der Waals surface area contributed by atoms with Crippen molar-refractivity contribution in [3.8, 4) is 11.6 Å². The Kier molecular flexibility index (Phi) is 8.03. The molecule has 1 heterocycles. The Bertz CT molecular complexity index is 979. The SMILES string of the molecule is NC(N)=NCCC[C@@H](NS(=O)(=O)c1ccc(Oc2ccc(F)cc2)nc1)C(=O)NO. The lowest BCUT2D eigenvalue weighted by atomic mass is 10.1. The van der Waals surface area contributed by atoms with Crippen molar-refractivity contribution in [2.75, 3.05) is 6.54 Å². The van der Waals surface area contributed by atoms with Crippen molar-refractivity contribution in [3.05, 3.63) is 48.4 Å². The van der Waals surface area contributed by atoms with Gasteiger partial charge in [0.1, 0.15) is 22.5 Å². The number of hydrogen-bond acceptors (Lipinski definition) is 7. The first-order chi connectivity index (χ1) is 14.2. The number of hydroxylamine groups is 1. The lowest BCUT2D eigenvalue weighted by Gasteiger charge is -2.16. The molecule has 1 atom stereocenters. The number of rotatable bonds is 10. The largest absolute Gasteiger partial charge is 0.439 e. The first kappa shape index (κ1) is 23.0. The van der Waals surface area contributed by atoms with Crippen LogP contribution in [0.1, 0.15) is 12.8 Å². The Morgan fingerprint density at radius 2 is 1.93 bits per heavy atom. The van der Waals surface area contributed by atoms with Crippen molar-refractivity contribution >= 4 is 21.9 Å². The summed E-state index contributed by atoms with van der Waals surface area (Å²) < 4.78 is 45.6. The van der Waals surface area contributed by atoms with Crippen molar-refractivity contribution < 1.29 is 27.5 Å². The number of pyridine rings is 1. The van der Waals surface area contributed by atoms with Crippen LogP contribution in [0.4, 0.5) is 4.39 Å². The highest BCUT2D eigenvalue weighted by Crippen LogP contribution is 2.21. The van der Waals surface area contributed by atoms with E-state index in [2.05, 4.69) is 14.7 Å². The highest BCUT2D eigenvalue weighted by atomic mass is 32.2. The van der Waals surface area contributed by atoms with E-state index in [1.807, 2.05) is 0 Å². The number of halogens is 1. The van der Waals surface area contributed by atoms with E-state index < -0.39 is 27.8 Å². The standard InChI is InChI=1S/C17H21FN6O5S/c18-11-3-5-12(6-4-11)29-15-8-7-13(10-22-15)30(27,28)24-14(16(25)23-26)2-1-9-21-17(19)20/h3-8,10,14,24,26H,1-2,9H2,(H,23,25)(H4,19,20,21)/t14-/m1/s1. The smallest absolute Gasteiger partial charge is 0.261 e. The van der Waals surface area contributed by atoms with Gasteiger partial charge in [-0.1, -0.05) is 0 Å². The zero-order valence-electron chi connectivity index (χ0n) is 15.7. The highest BCUT2D eigenvalue weighted by Gasteiger charge is 2.25. The predicted molar refractivity (Wildman–Crippen MR) is 105 cm³/mol.